The Bertz CT molecular complexity index is 834. The monoisotopic (exact) mass is 343 g/mol. The number of nitrogens with zero attached hydrogens (tertiary/aromatic N) is 4. The van der Waals surface area contributed by atoms with Crippen molar-refractivity contribution in [3.05, 3.63) is 28.8 Å². The SMILES string of the molecule is Cn1c(=O)n([C@H]2CCCN(C(=O)NC3CCCC3)C2)c2ncccc21. The lowest BCUT2D eigenvalue weighted by molar-refractivity contribution is 0.163. The van der Waals surface area contributed by atoms with E-state index in [0.717, 1.165) is 37.7 Å². The summed E-state index contributed by atoms with van der Waals surface area (Å²) < 4.78 is 3.41. The first kappa shape index (κ1) is 16.2. The Hall–Kier alpha value is -2.31. The van der Waals surface area contributed by atoms with E-state index in [0.29, 0.717) is 18.2 Å². The Morgan fingerprint density at radius 1 is 1.24 bits per heavy atom. The fourth-order valence-electron chi connectivity index (χ4n) is 4.21. The molecule has 1 N–H and O–H groups in total. The number of rotatable bonds is 2. The van der Waals surface area contributed by atoms with E-state index in [1.165, 1.54) is 12.8 Å². The van der Waals surface area contributed by atoms with E-state index < -0.39 is 0 Å². The number of fused-ring (bicyclic) bond motifs is 1. The average molecular weight is 343 g/mol. The number of amides is 2. The highest BCUT2D eigenvalue weighted by molar-refractivity contribution is 5.75. The standard InChI is InChI=1S/C18H25N5O2/c1-21-15-9-4-10-19-16(15)23(18(21)25)14-8-5-11-22(12-14)17(24)20-13-6-2-3-7-13/h4,9-10,13-14H,2-3,5-8,11-12H2,1H3,(H,20,24)/t14-/m0/s1. The van der Waals surface area contributed by atoms with E-state index in [1.807, 2.05) is 17.0 Å². The van der Waals surface area contributed by atoms with Crippen LogP contribution in [0, 0.1) is 0 Å². The van der Waals surface area contributed by atoms with Crippen molar-refractivity contribution in [2.45, 2.75) is 50.6 Å². The predicted octanol–water partition coefficient (Wildman–Crippen LogP) is 2.02. The van der Waals surface area contributed by atoms with Gasteiger partial charge in [0.25, 0.3) is 0 Å². The third-order valence-electron chi connectivity index (χ3n) is 5.58. The first-order valence-corrected chi connectivity index (χ1v) is 9.22. The molecule has 0 unspecified atom stereocenters. The minimum atomic E-state index is -0.0586. The van der Waals surface area contributed by atoms with Crippen LogP contribution < -0.4 is 11.0 Å². The number of nitrogens with one attached hydrogen (secondary N) is 1. The second-order valence-electron chi connectivity index (χ2n) is 7.23. The van der Waals surface area contributed by atoms with Crippen molar-refractivity contribution in [1.29, 1.82) is 0 Å². The molecule has 1 aliphatic carbocycles. The number of imidazole rings is 1. The van der Waals surface area contributed by atoms with Crippen LogP contribution in [-0.2, 0) is 7.05 Å². The largest absolute Gasteiger partial charge is 0.335 e. The summed E-state index contributed by atoms with van der Waals surface area (Å²) in [7, 11) is 1.77. The van der Waals surface area contributed by atoms with Crippen molar-refractivity contribution < 1.29 is 4.79 Å². The maximum Gasteiger partial charge on any atom is 0.330 e. The molecule has 2 aromatic heterocycles. The molecular weight excluding hydrogens is 318 g/mol. The average Bonchev–Trinajstić information content (AvgIpc) is 3.23. The number of hydrogen-bond acceptors (Lipinski definition) is 3. The number of urea groups is 1. The molecule has 2 aliphatic rings. The normalized spacial score (nSPS) is 21.8. The highest BCUT2D eigenvalue weighted by atomic mass is 16.2. The number of aromatic nitrogens is 3. The molecule has 2 fully saturated rings. The summed E-state index contributed by atoms with van der Waals surface area (Å²) in [5.74, 6) is 0. The van der Waals surface area contributed by atoms with Gasteiger partial charge in [-0.15, -0.1) is 0 Å². The van der Waals surface area contributed by atoms with Gasteiger partial charge >= 0.3 is 11.7 Å². The summed E-state index contributed by atoms with van der Waals surface area (Å²) >= 11 is 0. The van der Waals surface area contributed by atoms with E-state index >= 15 is 0 Å². The molecule has 3 heterocycles. The zero-order chi connectivity index (χ0) is 17.4. The highest BCUT2D eigenvalue weighted by Crippen LogP contribution is 2.24. The molecule has 0 spiro atoms. The van der Waals surface area contributed by atoms with Crippen LogP contribution in [0.1, 0.15) is 44.6 Å². The van der Waals surface area contributed by atoms with E-state index in [1.54, 1.807) is 22.4 Å². The van der Waals surface area contributed by atoms with Gasteiger partial charge in [0.1, 0.15) is 0 Å². The Balaban J connectivity index is 1.56. The van der Waals surface area contributed by atoms with Gasteiger partial charge in [-0.3, -0.25) is 9.13 Å². The summed E-state index contributed by atoms with van der Waals surface area (Å²) in [6.45, 7) is 1.32. The Morgan fingerprint density at radius 3 is 2.84 bits per heavy atom. The molecule has 4 rings (SSSR count). The number of carbonyl (C=O) groups excluding carboxylic acids is 1. The molecule has 134 valence electrons. The van der Waals surface area contributed by atoms with Gasteiger partial charge < -0.3 is 10.2 Å². The van der Waals surface area contributed by atoms with Crippen LogP contribution in [-0.4, -0.2) is 44.2 Å². The van der Waals surface area contributed by atoms with Crippen LogP contribution in [0.25, 0.3) is 11.2 Å². The van der Waals surface area contributed by atoms with Gasteiger partial charge in [0, 0.05) is 32.4 Å². The van der Waals surface area contributed by atoms with Gasteiger partial charge in [-0.25, -0.2) is 14.6 Å². The minimum absolute atomic E-state index is 0.0119. The number of piperidine rings is 1. The first-order valence-electron chi connectivity index (χ1n) is 9.22. The molecule has 0 bridgehead atoms. The summed E-state index contributed by atoms with van der Waals surface area (Å²) in [6.07, 6.45) is 8.06. The number of aryl methyl sites for hydroxylation is 1. The molecule has 1 atom stereocenters. The Kier molecular flexibility index (Phi) is 4.23. The van der Waals surface area contributed by atoms with Gasteiger partial charge in [0.2, 0.25) is 0 Å². The van der Waals surface area contributed by atoms with Crippen molar-refractivity contribution in [3.63, 3.8) is 0 Å². The molecule has 7 nitrogen and oxygen atoms in total. The fraction of sp³-hybridized carbons (Fsp3) is 0.611. The molecule has 0 radical (unpaired) electrons. The molecule has 1 saturated carbocycles. The summed E-state index contributed by atoms with van der Waals surface area (Å²) in [4.78, 5) is 31.6. The van der Waals surface area contributed by atoms with Crippen molar-refractivity contribution in [2.75, 3.05) is 13.1 Å². The fourth-order valence-corrected chi connectivity index (χ4v) is 4.21. The second kappa shape index (κ2) is 6.54. The molecule has 2 aromatic rings. The molecule has 1 saturated heterocycles. The molecule has 7 heteroatoms. The quantitative estimate of drug-likeness (QED) is 0.907. The van der Waals surface area contributed by atoms with Crippen LogP contribution in [0.5, 0.6) is 0 Å². The summed E-state index contributed by atoms with van der Waals surface area (Å²) in [6, 6.07) is 4.06. The Morgan fingerprint density at radius 2 is 2.04 bits per heavy atom. The van der Waals surface area contributed by atoms with Gasteiger partial charge in [-0.1, -0.05) is 12.8 Å². The topological polar surface area (TPSA) is 72.2 Å². The van der Waals surface area contributed by atoms with Crippen molar-refractivity contribution >= 4 is 17.2 Å². The lowest BCUT2D eigenvalue weighted by Crippen LogP contribution is -2.49. The second-order valence-corrected chi connectivity index (χ2v) is 7.23. The van der Waals surface area contributed by atoms with Crippen LogP contribution in [0.4, 0.5) is 4.79 Å². The van der Waals surface area contributed by atoms with E-state index in [2.05, 4.69) is 10.3 Å². The summed E-state index contributed by atoms with van der Waals surface area (Å²) in [5, 5.41) is 3.16. The number of carbonyl (C=O) groups is 1. The van der Waals surface area contributed by atoms with Gasteiger partial charge in [0.05, 0.1) is 11.6 Å². The minimum Gasteiger partial charge on any atom is -0.335 e. The predicted molar refractivity (Wildman–Crippen MR) is 95.6 cm³/mol. The molecule has 1 aliphatic heterocycles. The van der Waals surface area contributed by atoms with Crippen LogP contribution >= 0.6 is 0 Å². The van der Waals surface area contributed by atoms with E-state index in [-0.39, 0.29) is 17.8 Å². The van der Waals surface area contributed by atoms with Gasteiger partial charge in [0.15, 0.2) is 5.65 Å². The van der Waals surface area contributed by atoms with E-state index in [4.69, 9.17) is 0 Å². The van der Waals surface area contributed by atoms with Crippen molar-refractivity contribution in [3.8, 4) is 0 Å². The Labute approximate surface area is 146 Å². The van der Waals surface area contributed by atoms with Crippen molar-refractivity contribution in [2.24, 2.45) is 7.05 Å². The third-order valence-corrected chi connectivity index (χ3v) is 5.58. The number of likely N-dealkylation sites (tertiary alicyclic amines) is 1. The zero-order valence-electron chi connectivity index (χ0n) is 14.6. The van der Waals surface area contributed by atoms with Gasteiger partial charge in [-0.2, -0.15) is 0 Å². The number of hydrogen-bond donors (Lipinski definition) is 1. The van der Waals surface area contributed by atoms with Crippen LogP contribution in [0.2, 0.25) is 0 Å². The smallest absolute Gasteiger partial charge is 0.330 e. The molecule has 25 heavy (non-hydrogen) atoms. The summed E-state index contributed by atoms with van der Waals surface area (Å²) in [5.41, 5.74) is 1.48. The third kappa shape index (κ3) is 2.92. The van der Waals surface area contributed by atoms with Crippen molar-refractivity contribution in [1.82, 2.24) is 24.3 Å². The highest BCUT2D eigenvalue weighted by Gasteiger charge is 2.29. The molecular formula is C18H25N5O2. The molecule has 2 amide bonds. The number of pyridine rings is 1. The lowest BCUT2D eigenvalue weighted by Gasteiger charge is -2.33. The first-order chi connectivity index (χ1) is 12.1. The zero-order valence-corrected chi connectivity index (χ0v) is 14.6. The maximum absolute atomic E-state index is 12.7. The lowest BCUT2D eigenvalue weighted by atomic mass is 10.1. The van der Waals surface area contributed by atoms with Crippen LogP contribution in [0.3, 0.4) is 0 Å². The van der Waals surface area contributed by atoms with Crippen LogP contribution in [0.15, 0.2) is 23.1 Å². The molecule has 0 aromatic carbocycles. The maximum atomic E-state index is 12.7. The van der Waals surface area contributed by atoms with E-state index in [9.17, 15) is 9.59 Å². The van der Waals surface area contributed by atoms with Gasteiger partial charge in [-0.05, 0) is 37.8 Å².